The molecule has 3 nitrogen and oxygen atoms in total. The standard InChI is InChI=1S/C18H21NO2/c1-13-12-17(14(2)21-13)18(20)19-10-8-16(9-11-19)15-6-4-3-5-7-15/h3-7,12,16H,8-11H2,1-2H3. The summed E-state index contributed by atoms with van der Waals surface area (Å²) in [4.78, 5) is 14.5. The average Bonchev–Trinajstić information content (AvgIpc) is 2.86. The molecule has 1 aromatic carbocycles. The first-order chi connectivity index (χ1) is 10.1. The number of amides is 1. The topological polar surface area (TPSA) is 33.5 Å². The highest BCUT2D eigenvalue weighted by Crippen LogP contribution is 2.29. The Morgan fingerprint density at radius 3 is 2.38 bits per heavy atom. The Morgan fingerprint density at radius 2 is 1.81 bits per heavy atom. The van der Waals surface area contributed by atoms with E-state index in [1.54, 1.807) is 0 Å². The second-order valence-electron chi connectivity index (χ2n) is 5.80. The smallest absolute Gasteiger partial charge is 0.257 e. The van der Waals surface area contributed by atoms with Gasteiger partial charge in [-0.25, -0.2) is 0 Å². The average molecular weight is 283 g/mol. The molecular weight excluding hydrogens is 262 g/mol. The summed E-state index contributed by atoms with van der Waals surface area (Å²) < 4.78 is 5.47. The zero-order valence-electron chi connectivity index (χ0n) is 12.6. The van der Waals surface area contributed by atoms with E-state index in [1.165, 1.54) is 5.56 Å². The Bertz CT molecular complexity index is 622. The van der Waals surface area contributed by atoms with Crippen LogP contribution in [0.25, 0.3) is 0 Å². The lowest BCUT2D eigenvalue weighted by Crippen LogP contribution is -2.38. The Morgan fingerprint density at radius 1 is 1.14 bits per heavy atom. The molecule has 1 aliphatic heterocycles. The molecule has 1 saturated heterocycles. The van der Waals surface area contributed by atoms with Crippen molar-refractivity contribution in [1.82, 2.24) is 4.90 Å². The minimum atomic E-state index is 0.107. The molecule has 1 aliphatic rings. The van der Waals surface area contributed by atoms with Crippen molar-refractivity contribution in [2.45, 2.75) is 32.6 Å². The van der Waals surface area contributed by atoms with Crippen molar-refractivity contribution in [2.75, 3.05) is 13.1 Å². The number of hydrogen-bond acceptors (Lipinski definition) is 2. The van der Waals surface area contributed by atoms with Gasteiger partial charge < -0.3 is 9.32 Å². The van der Waals surface area contributed by atoms with Crippen molar-refractivity contribution in [2.24, 2.45) is 0 Å². The van der Waals surface area contributed by atoms with Crippen molar-refractivity contribution in [3.8, 4) is 0 Å². The first kappa shape index (κ1) is 13.9. The van der Waals surface area contributed by atoms with Crippen LogP contribution in [0.2, 0.25) is 0 Å². The van der Waals surface area contributed by atoms with Crippen LogP contribution in [0.15, 0.2) is 40.8 Å². The summed E-state index contributed by atoms with van der Waals surface area (Å²) in [5.74, 6) is 2.20. The molecule has 0 atom stereocenters. The molecular formula is C18H21NO2. The van der Waals surface area contributed by atoms with Crippen molar-refractivity contribution < 1.29 is 9.21 Å². The molecule has 0 unspecified atom stereocenters. The predicted molar refractivity (Wildman–Crippen MR) is 82.5 cm³/mol. The van der Waals surface area contributed by atoms with E-state index < -0.39 is 0 Å². The number of aryl methyl sites for hydroxylation is 2. The third-order valence-corrected chi connectivity index (χ3v) is 4.32. The molecule has 3 rings (SSSR count). The van der Waals surface area contributed by atoms with E-state index in [0.29, 0.717) is 11.5 Å². The van der Waals surface area contributed by atoms with E-state index >= 15 is 0 Å². The summed E-state index contributed by atoms with van der Waals surface area (Å²) in [5, 5.41) is 0. The van der Waals surface area contributed by atoms with Crippen LogP contribution >= 0.6 is 0 Å². The maximum Gasteiger partial charge on any atom is 0.257 e. The van der Waals surface area contributed by atoms with Gasteiger partial charge >= 0.3 is 0 Å². The summed E-state index contributed by atoms with van der Waals surface area (Å²) >= 11 is 0. The van der Waals surface area contributed by atoms with Crippen molar-refractivity contribution in [3.05, 3.63) is 59.0 Å². The number of rotatable bonds is 2. The fourth-order valence-corrected chi connectivity index (χ4v) is 3.15. The number of carbonyl (C=O) groups is 1. The number of likely N-dealkylation sites (tertiary alicyclic amines) is 1. The Balaban J connectivity index is 1.66. The van der Waals surface area contributed by atoms with Gasteiger partial charge in [0, 0.05) is 13.1 Å². The highest BCUT2D eigenvalue weighted by atomic mass is 16.3. The van der Waals surface area contributed by atoms with Crippen molar-refractivity contribution >= 4 is 5.91 Å². The van der Waals surface area contributed by atoms with Gasteiger partial charge in [0.25, 0.3) is 5.91 Å². The molecule has 110 valence electrons. The minimum Gasteiger partial charge on any atom is -0.466 e. The summed E-state index contributed by atoms with van der Waals surface area (Å²) in [6.07, 6.45) is 2.07. The van der Waals surface area contributed by atoms with E-state index in [-0.39, 0.29) is 5.91 Å². The lowest BCUT2D eigenvalue weighted by Gasteiger charge is -2.32. The van der Waals surface area contributed by atoms with Gasteiger partial charge in [-0.15, -0.1) is 0 Å². The van der Waals surface area contributed by atoms with Gasteiger partial charge in [0.05, 0.1) is 5.56 Å². The Labute approximate surface area is 125 Å². The first-order valence-electron chi connectivity index (χ1n) is 7.56. The molecule has 21 heavy (non-hydrogen) atoms. The molecule has 1 fully saturated rings. The molecule has 2 heterocycles. The largest absolute Gasteiger partial charge is 0.466 e. The third kappa shape index (κ3) is 2.87. The number of benzene rings is 1. The number of nitrogens with zero attached hydrogens (tertiary/aromatic N) is 1. The lowest BCUT2D eigenvalue weighted by atomic mass is 9.89. The number of furan rings is 1. The van der Waals surface area contributed by atoms with Crippen LogP contribution in [0.1, 0.15) is 46.2 Å². The highest BCUT2D eigenvalue weighted by molar-refractivity contribution is 5.95. The number of piperidine rings is 1. The zero-order valence-corrected chi connectivity index (χ0v) is 12.6. The molecule has 0 spiro atoms. The maximum absolute atomic E-state index is 12.5. The minimum absolute atomic E-state index is 0.107. The van der Waals surface area contributed by atoms with Crippen LogP contribution in [-0.2, 0) is 0 Å². The van der Waals surface area contributed by atoms with Gasteiger partial charge in [-0.2, -0.15) is 0 Å². The van der Waals surface area contributed by atoms with Crippen LogP contribution in [0.5, 0.6) is 0 Å². The van der Waals surface area contributed by atoms with Gasteiger partial charge in [0.15, 0.2) is 0 Å². The quantitative estimate of drug-likeness (QED) is 0.837. The molecule has 0 bridgehead atoms. The van der Waals surface area contributed by atoms with Crippen molar-refractivity contribution in [3.63, 3.8) is 0 Å². The summed E-state index contributed by atoms with van der Waals surface area (Å²) in [6.45, 7) is 5.38. The third-order valence-electron chi connectivity index (χ3n) is 4.32. The maximum atomic E-state index is 12.5. The lowest BCUT2D eigenvalue weighted by molar-refractivity contribution is 0.0711. The summed E-state index contributed by atoms with van der Waals surface area (Å²) in [7, 11) is 0. The van der Waals surface area contributed by atoms with Crippen LogP contribution in [0.3, 0.4) is 0 Å². The van der Waals surface area contributed by atoms with Crippen LogP contribution in [-0.4, -0.2) is 23.9 Å². The molecule has 1 amide bonds. The second-order valence-corrected chi connectivity index (χ2v) is 5.80. The molecule has 2 aromatic rings. The molecule has 0 aliphatic carbocycles. The van der Waals surface area contributed by atoms with Crippen LogP contribution in [0, 0.1) is 13.8 Å². The van der Waals surface area contributed by atoms with E-state index in [4.69, 9.17) is 4.42 Å². The molecule has 0 saturated carbocycles. The van der Waals surface area contributed by atoms with Gasteiger partial charge in [-0.3, -0.25) is 4.79 Å². The Kier molecular flexibility index (Phi) is 3.82. The molecule has 0 radical (unpaired) electrons. The van der Waals surface area contributed by atoms with E-state index in [0.717, 1.165) is 37.5 Å². The van der Waals surface area contributed by atoms with Gasteiger partial charge in [-0.05, 0) is 44.2 Å². The number of carbonyl (C=O) groups excluding carboxylic acids is 1. The van der Waals surface area contributed by atoms with Gasteiger partial charge in [0.2, 0.25) is 0 Å². The van der Waals surface area contributed by atoms with Crippen LogP contribution in [0.4, 0.5) is 0 Å². The van der Waals surface area contributed by atoms with Crippen LogP contribution < -0.4 is 0 Å². The van der Waals surface area contributed by atoms with Gasteiger partial charge in [-0.1, -0.05) is 30.3 Å². The molecule has 0 N–H and O–H groups in total. The monoisotopic (exact) mass is 283 g/mol. The summed E-state index contributed by atoms with van der Waals surface area (Å²) in [5.41, 5.74) is 2.10. The predicted octanol–water partition coefficient (Wildman–Crippen LogP) is 3.92. The summed E-state index contributed by atoms with van der Waals surface area (Å²) in [6, 6.07) is 12.4. The van der Waals surface area contributed by atoms with E-state index in [2.05, 4.69) is 24.3 Å². The SMILES string of the molecule is Cc1cc(C(=O)N2CCC(c3ccccc3)CC2)c(C)o1. The first-order valence-corrected chi connectivity index (χ1v) is 7.56. The normalized spacial score (nSPS) is 16.2. The van der Waals surface area contributed by atoms with Crippen molar-refractivity contribution in [1.29, 1.82) is 0 Å². The van der Waals surface area contributed by atoms with E-state index in [1.807, 2.05) is 30.9 Å². The molecule has 1 aromatic heterocycles. The fraction of sp³-hybridized carbons (Fsp3) is 0.389. The zero-order chi connectivity index (χ0) is 14.8. The number of hydrogen-bond donors (Lipinski definition) is 0. The highest BCUT2D eigenvalue weighted by Gasteiger charge is 2.26. The van der Waals surface area contributed by atoms with E-state index in [9.17, 15) is 4.79 Å². The second kappa shape index (κ2) is 5.76. The fourth-order valence-electron chi connectivity index (χ4n) is 3.15. The van der Waals surface area contributed by atoms with Gasteiger partial charge in [0.1, 0.15) is 11.5 Å². The molecule has 3 heteroatoms. The Hall–Kier alpha value is -2.03.